The molecule has 17 heavy (non-hydrogen) atoms. The summed E-state index contributed by atoms with van der Waals surface area (Å²) >= 11 is 0. The highest BCUT2D eigenvalue weighted by molar-refractivity contribution is 4.88. The summed E-state index contributed by atoms with van der Waals surface area (Å²) in [5, 5.41) is 15.3. The maximum absolute atomic E-state index is 5.55. The average molecular weight is 239 g/mol. The van der Waals surface area contributed by atoms with Crippen LogP contribution in [0.4, 0.5) is 0 Å². The molecule has 2 unspecified atom stereocenters. The van der Waals surface area contributed by atoms with Crippen molar-refractivity contribution in [2.75, 3.05) is 13.2 Å². The quantitative estimate of drug-likeness (QED) is 0.822. The zero-order chi connectivity index (χ0) is 12.3. The summed E-state index contributed by atoms with van der Waals surface area (Å²) in [5.74, 6) is 1.53. The molecule has 1 aromatic rings. The van der Waals surface area contributed by atoms with E-state index in [2.05, 4.69) is 41.6 Å². The van der Waals surface area contributed by atoms with Crippen LogP contribution in [0.5, 0.6) is 0 Å². The van der Waals surface area contributed by atoms with Gasteiger partial charge in [0.1, 0.15) is 0 Å². The van der Waals surface area contributed by atoms with Crippen LogP contribution in [0.2, 0.25) is 0 Å². The highest BCUT2D eigenvalue weighted by Crippen LogP contribution is 2.25. The van der Waals surface area contributed by atoms with Crippen molar-refractivity contribution < 1.29 is 4.74 Å². The minimum Gasteiger partial charge on any atom is -0.376 e. The second-order valence-electron chi connectivity index (χ2n) is 5.00. The van der Waals surface area contributed by atoms with Crippen LogP contribution in [-0.4, -0.2) is 39.5 Å². The number of tetrazole rings is 1. The lowest BCUT2D eigenvalue weighted by molar-refractivity contribution is 0.104. The van der Waals surface area contributed by atoms with Crippen molar-refractivity contribution in [1.29, 1.82) is 0 Å². The molecule has 96 valence electrons. The van der Waals surface area contributed by atoms with Gasteiger partial charge < -0.3 is 10.1 Å². The third-order valence-corrected chi connectivity index (χ3v) is 3.05. The molecule has 1 N–H and O–H groups in total. The topological polar surface area (TPSA) is 64.9 Å². The van der Waals surface area contributed by atoms with Gasteiger partial charge in [0.15, 0.2) is 5.82 Å². The van der Waals surface area contributed by atoms with Crippen molar-refractivity contribution in [2.24, 2.45) is 5.92 Å². The van der Waals surface area contributed by atoms with E-state index < -0.39 is 0 Å². The first-order valence-electron chi connectivity index (χ1n) is 6.27. The third-order valence-electron chi connectivity index (χ3n) is 3.05. The van der Waals surface area contributed by atoms with E-state index in [0.717, 1.165) is 25.4 Å². The first-order valence-corrected chi connectivity index (χ1v) is 6.27. The summed E-state index contributed by atoms with van der Waals surface area (Å²) in [4.78, 5) is 0. The predicted octanol–water partition coefficient (Wildman–Crippen LogP) is 0.769. The van der Waals surface area contributed by atoms with Crippen molar-refractivity contribution in [3.8, 4) is 0 Å². The normalized spacial score (nSPS) is 24.7. The Hall–Kier alpha value is -1.01. The second-order valence-corrected chi connectivity index (χ2v) is 5.00. The van der Waals surface area contributed by atoms with Gasteiger partial charge in [0.2, 0.25) is 0 Å². The maximum Gasteiger partial charge on any atom is 0.165 e. The van der Waals surface area contributed by atoms with Gasteiger partial charge in [0.05, 0.1) is 18.7 Å². The molecule has 2 rings (SSSR count). The van der Waals surface area contributed by atoms with Gasteiger partial charge in [-0.2, -0.15) is 0 Å². The second kappa shape index (κ2) is 5.55. The lowest BCUT2D eigenvalue weighted by Crippen LogP contribution is -2.25. The van der Waals surface area contributed by atoms with Crippen molar-refractivity contribution >= 4 is 0 Å². The Morgan fingerprint density at radius 2 is 2.35 bits per heavy atom. The van der Waals surface area contributed by atoms with Crippen LogP contribution in [0.1, 0.15) is 39.1 Å². The fraction of sp³-hybridized carbons (Fsp3) is 0.909. The van der Waals surface area contributed by atoms with E-state index in [9.17, 15) is 0 Å². The smallest absolute Gasteiger partial charge is 0.165 e. The van der Waals surface area contributed by atoms with Gasteiger partial charge in [0, 0.05) is 6.61 Å². The van der Waals surface area contributed by atoms with Gasteiger partial charge in [-0.25, -0.2) is 4.68 Å². The Labute approximate surface area is 102 Å². The van der Waals surface area contributed by atoms with E-state index in [1.807, 2.05) is 4.68 Å². The lowest BCUT2D eigenvalue weighted by atomic mass is 10.1. The van der Waals surface area contributed by atoms with Gasteiger partial charge in [-0.15, -0.1) is 5.10 Å². The Balaban J connectivity index is 1.96. The molecule has 6 heteroatoms. The zero-order valence-corrected chi connectivity index (χ0v) is 10.8. The summed E-state index contributed by atoms with van der Waals surface area (Å²) in [7, 11) is 0. The van der Waals surface area contributed by atoms with E-state index in [0.29, 0.717) is 12.5 Å². The summed E-state index contributed by atoms with van der Waals surface area (Å²) in [5.41, 5.74) is 0. The molecule has 1 aliphatic heterocycles. The van der Waals surface area contributed by atoms with E-state index in [-0.39, 0.29) is 12.1 Å². The molecule has 1 fully saturated rings. The predicted molar refractivity (Wildman–Crippen MR) is 63.4 cm³/mol. The molecule has 0 aliphatic carbocycles. The maximum atomic E-state index is 5.55. The monoisotopic (exact) mass is 239 g/mol. The number of nitrogens with one attached hydrogen (secondary N) is 1. The Kier molecular flexibility index (Phi) is 4.06. The fourth-order valence-electron chi connectivity index (χ4n) is 2.10. The standard InChI is InChI=1S/C11H21N5O/c1-8(2)6-12-7-11-13-14-15-16(11)10-4-5-17-9(10)3/h8-10,12H,4-7H2,1-3H3. The number of hydrogen-bond acceptors (Lipinski definition) is 5. The molecular formula is C11H21N5O. The Bertz CT molecular complexity index is 351. The molecule has 0 bridgehead atoms. The van der Waals surface area contributed by atoms with Crippen LogP contribution in [-0.2, 0) is 11.3 Å². The molecule has 6 nitrogen and oxygen atoms in total. The summed E-state index contributed by atoms with van der Waals surface area (Å²) in [6.45, 7) is 8.93. The number of hydrogen-bond donors (Lipinski definition) is 1. The molecule has 1 aromatic heterocycles. The van der Waals surface area contributed by atoms with Gasteiger partial charge in [-0.05, 0) is 36.2 Å². The highest BCUT2D eigenvalue weighted by Gasteiger charge is 2.28. The van der Waals surface area contributed by atoms with E-state index in [4.69, 9.17) is 4.74 Å². The fourth-order valence-corrected chi connectivity index (χ4v) is 2.10. The summed E-state index contributed by atoms with van der Waals surface area (Å²) in [6, 6.07) is 0.279. The number of ether oxygens (including phenoxy) is 1. The van der Waals surface area contributed by atoms with Crippen molar-refractivity contribution in [2.45, 2.75) is 45.9 Å². The van der Waals surface area contributed by atoms with Gasteiger partial charge in [-0.3, -0.25) is 0 Å². The third kappa shape index (κ3) is 3.01. The van der Waals surface area contributed by atoms with Crippen molar-refractivity contribution in [1.82, 2.24) is 25.5 Å². The molecule has 1 aliphatic rings. The summed E-state index contributed by atoms with van der Waals surface area (Å²) < 4.78 is 7.46. The van der Waals surface area contributed by atoms with Gasteiger partial charge in [0.25, 0.3) is 0 Å². The molecule has 0 radical (unpaired) electrons. The van der Waals surface area contributed by atoms with Crippen LogP contribution in [0, 0.1) is 5.92 Å². The van der Waals surface area contributed by atoms with E-state index in [1.165, 1.54) is 0 Å². The molecule has 0 saturated carbocycles. The Morgan fingerprint density at radius 3 is 3.00 bits per heavy atom. The molecule has 1 saturated heterocycles. The number of aromatic nitrogens is 4. The van der Waals surface area contributed by atoms with Crippen LogP contribution in [0.3, 0.4) is 0 Å². The van der Waals surface area contributed by atoms with E-state index in [1.54, 1.807) is 0 Å². The number of rotatable bonds is 5. The molecule has 2 atom stereocenters. The average Bonchev–Trinajstić information content (AvgIpc) is 2.86. The first kappa shape index (κ1) is 12.4. The van der Waals surface area contributed by atoms with Crippen molar-refractivity contribution in [3.63, 3.8) is 0 Å². The minimum atomic E-state index is 0.197. The van der Waals surface area contributed by atoms with Crippen LogP contribution >= 0.6 is 0 Å². The summed E-state index contributed by atoms with van der Waals surface area (Å²) in [6.07, 6.45) is 1.19. The van der Waals surface area contributed by atoms with Crippen LogP contribution in [0.25, 0.3) is 0 Å². The molecule has 0 amide bonds. The lowest BCUT2D eigenvalue weighted by Gasteiger charge is -2.15. The zero-order valence-electron chi connectivity index (χ0n) is 10.8. The van der Waals surface area contributed by atoms with Crippen LogP contribution in [0.15, 0.2) is 0 Å². The number of nitrogens with zero attached hydrogens (tertiary/aromatic N) is 4. The van der Waals surface area contributed by atoms with Crippen molar-refractivity contribution in [3.05, 3.63) is 5.82 Å². The first-order chi connectivity index (χ1) is 8.18. The van der Waals surface area contributed by atoms with E-state index >= 15 is 0 Å². The van der Waals surface area contributed by atoms with Gasteiger partial charge in [-0.1, -0.05) is 13.8 Å². The SMILES string of the molecule is CC(C)CNCc1nnnn1C1CCOC1C. The Morgan fingerprint density at radius 1 is 1.53 bits per heavy atom. The van der Waals surface area contributed by atoms with Gasteiger partial charge >= 0.3 is 0 Å². The van der Waals surface area contributed by atoms with Crippen LogP contribution < -0.4 is 5.32 Å². The molecule has 0 aromatic carbocycles. The highest BCUT2D eigenvalue weighted by atomic mass is 16.5. The minimum absolute atomic E-state index is 0.197. The molecule has 0 spiro atoms. The molecular weight excluding hydrogens is 218 g/mol. The molecule has 2 heterocycles. The largest absolute Gasteiger partial charge is 0.376 e.